The van der Waals surface area contributed by atoms with Crippen LogP contribution in [0.4, 0.5) is 5.69 Å². The first-order valence-electron chi connectivity index (χ1n) is 7.85. The van der Waals surface area contributed by atoms with Gasteiger partial charge in [0.2, 0.25) is 5.91 Å². The normalized spacial score (nSPS) is 18.8. The summed E-state index contributed by atoms with van der Waals surface area (Å²) in [4.78, 5) is 14.5. The Morgan fingerprint density at radius 2 is 2.26 bits per heavy atom. The van der Waals surface area contributed by atoms with E-state index in [0.717, 1.165) is 24.3 Å². The van der Waals surface area contributed by atoms with E-state index in [1.54, 1.807) is 11.3 Å². The molecule has 0 saturated carbocycles. The number of carbonyl (C=O) groups is 1. The van der Waals surface area contributed by atoms with Crippen molar-refractivity contribution >= 4 is 22.9 Å². The molecule has 0 bridgehead atoms. The molecule has 2 heterocycles. The number of thiophene rings is 1. The van der Waals surface area contributed by atoms with Gasteiger partial charge in [-0.15, -0.1) is 0 Å². The van der Waals surface area contributed by atoms with Crippen molar-refractivity contribution in [3.8, 4) is 0 Å². The van der Waals surface area contributed by atoms with Crippen molar-refractivity contribution in [3.05, 3.63) is 51.7 Å². The van der Waals surface area contributed by atoms with E-state index >= 15 is 0 Å². The molecule has 5 heteroatoms. The largest absolute Gasteiger partial charge is 0.371 e. The molecule has 1 saturated heterocycles. The van der Waals surface area contributed by atoms with Crippen LogP contribution in [0.25, 0.3) is 0 Å². The van der Waals surface area contributed by atoms with Crippen molar-refractivity contribution in [2.75, 3.05) is 31.6 Å². The number of amides is 1. The summed E-state index contributed by atoms with van der Waals surface area (Å²) >= 11 is 1.68. The number of hydrogen-bond donors (Lipinski definition) is 1. The molecular formula is C18H22N2O2S. The highest BCUT2D eigenvalue weighted by Gasteiger charge is 2.23. The van der Waals surface area contributed by atoms with Gasteiger partial charge in [-0.2, -0.15) is 11.3 Å². The quantitative estimate of drug-likeness (QED) is 0.934. The molecule has 3 rings (SSSR count). The van der Waals surface area contributed by atoms with Crippen LogP contribution in [-0.2, 0) is 9.53 Å². The van der Waals surface area contributed by atoms with Gasteiger partial charge in [0.1, 0.15) is 0 Å². The van der Waals surface area contributed by atoms with Crippen LogP contribution in [0.1, 0.15) is 22.8 Å². The molecule has 1 aliphatic heterocycles. The van der Waals surface area contributed by atoms with Crippen LogP contribution in [0.5, 0.6) is 0 Å². The van der Waals surface area contributed by atoms with Gasteiger partial charge in [-0.05, 0) is 47.9 Å². The fourth-order valence-electron chi connectivity index (χ4n) is 2.85. The number of nitrogens with one attached hydrogen (secondary N) is 1. The number of aryl methyl sites for hydroxylation is 2. The van der Waals surface area contributed by atoms with E-state index in [9.17, 15) is 4.79 Å². The Hall–Kier alpha value is -1.69. The summed E-state index contributed by atoms with van der Waals surface area (Å²) < 4.78 is 5.82. The highest BCUT2D eigenvalue weighted by atomic mass is 32.1. The van der Waals surface area contributed by atoms with E-state index in [2.05, 4.69) is 40.0 Å². The van der Waals surface area contributed by atoms with Gasteiger partial charge in [0, 0.05) is 18.8 Å². The van der Waals surface area contributed by atoms with Crippen LogP contribution < -0.4 is 5.32 Å². The third kappa shape index (κ3) is 4.19. The molecule has 1 amide bonds. The molecule has 0 aliphatic carbocycles. The summed E-state index contributed by atoms with van der Waals surface area (Å²) in [5.74, 6) is 0.0305. The Morgan fingerprint density at radius 1 is 1.39 bits per heavy atom. The van der Waals surface area contributed by atoms with Crippen LogP contribution in [-0.4, -0.2) is 37.0 Å². The Kier molecular flexibility index (Phi) is 5.10. The summed E-state index contributed by atoms with van der Waals surface area (Å²) in [5, 5.41) is 7.19. The Labute approximate surface area is 141 Å². The molecule has 2 aromatic rings. The number of hydrogen-bond acceptors (Lipinski definition) is 4. The molecule has 1 atom stereocenters. The maximum atomic E-state index is 12.3. The lowest BCUT2D eigenvalue weighted by atomic mass is 10.1. The Bertz CT molecular complexity index is 670. The standard InChI is InChI=1S/C18H22N2O2S/c1-13-3-4-16(14(2)9-13)19-18(21)11-20-6-7-22-17(10-20)15-5-8-23-12-15/h3-5,8-9,12,17H,6-7,10-11H2,1-2H3,(H,19,21)/t17-/m0/s1. The number of morpholine rings is 1. The zero-order valence-corrected chi connectivity index (χ0v) is 14.4. The number of benzene rings is 1. The molecule has 1 aromatic heterocycles. The number of anilines is 1. The second kappa shape index (κ2) is 7.25. The first-order chi connectivity index (χ1) is 11.1. The Morgan fingerprint density at radius 3 is 3.00 bits per heavy atom. The van der Waals surface area contributed by atoms with Crippen molar-refractivity contribution in [2.24, 2.45) is 0 Å². The number of ether oxygens (including phenoxy) is 1. The molecule has 1 N–H and O–H groups in total. The SMILES string of the molecule is Cc1ccc(NC(=O)CN2CCO[C@H](c3ccsc3)C2)c(C)c1. The van der Waals surface area contributed by atoms with Crippen LogP contribution in [0.2, 0.25) is 0 Å². The van der Waals surface area contributed by atoms with E-state index in [-0.39, 0.29) is 12.0 Å². The summed E-state index contributed by atoms with van der Waals surface area (Å²) in [6.07, 6.45) is 0.0731. The monoisotopic (exact) mass is 330 g/mol. The van der Waals surface area contributed by atoms with Gasteiger partial charge in [0.15, 0.2) is 0 Å². The summed E-state index contributed by atoms with van der Waals surface area (Å²) in [7, 11) is 0. The summed E-state index contributed by atoms with van der Waals surface area (Å²) in [6.45, 7) is 6.69. The first-order valence-corrected chi connectivity index (χ1v) is 8.79. The lowest BCUT2D eigenvalue weighted by molar-refractivity contribution is -0.119. The van der Waals surface area contributed by atoms with Gasteiger partial charge >= 0.3 is 0 Å². The minimum absolute atomic E-state index is 0.0305. The second-order valence-electron chi connectivity index (χ2n) is 6.02. The maximum Gasteiger partial charge on any atom is 0.238 e. The van der Waals surface area contributed by atoms with Crippen LogP contribution >= 0.6 is 11.3 Å². The second-order valence-corrected chi connectivity index (χ2v) is 6.80. The smallest absolute Gasteiger partial charge is 0.238 e. The molecule has 0 unspecified atom stereocenters. The predicted octanol–water partition coefficient (Wildman–Crippen LogP) is 3.38. The lowest BCUT2D eigenvalue weighted by Crippen LogP contribution is -2.42. The minimum Gasteiger partial charge on any atom is -0.371 e. The van der Waals surface area contributed by atoms with Gasteiger partial charge in [0.05, 0.1) is 19.3 Å². The Balaban J connectivity index is 1.57. The van der Waals surface area contributed by atoms with Crippen LogP contribution in [0.3, 0.4) is 0 Å². The first kappa shape index (κ1) is 16.2. The fourth-order valence-corrected chi connectivity index (χ4v) is 3.55. The van der Waals surface area contributed by atoms with E-state index in [4.69, 9.17) is 4.74 Å². The zero-order chi connectivity index (χ0) is 16.2. The van der Waals surface area contributed by atoms with E-state index in [1.165, 1.54) is 11.1 Å². The highest BCUT2D eigenvalue weighted by Crippen LogP contribution is 2.24. The lowest BCUT2D eigenvalue weighted by Gasteiger charge is -2.32. The van der Waals surface area contributed by atoms with Gasteiger partial charge in [-0.1, -0.05) is 17.7 Å². The molecule has 0 spiro atoms. The molecular weight excluding hydrogens is 308 g/mol. The third-order valence-electron chi connectivity index (χ3n) is 4.09. The molecule has 4 nitrogen and oxygen atoms in total. The van der Waals surface area contributed by atoms with Crippen LogP contribution in [0.15, 0.2) is 35.0 Å². The third-order valence-corrected chi connectivity index (χ3v) is 4.79. The maximum absolute atomic E-state index is 12.3. The van der Waals surface area contributed by atoms with Gasteiger partial charge in [0.25, 0.3) is 0 Å². The van der Waals surface area contributed by atoms with E-state index in [1.807, 2.05) is 19.1 Å². The zero-order valence-electron chi connectivity index (χ0n) is 13.5. The van der Waals surface area contributed by atoms with Crippen molar-refractivity contribution in [1.29, 1.82) is 0 Å². The molecule has 1 aliphatic rings. The van der Waals surface area contributed by atoms with E-state index < -0.39 is 0 Å². The van der Waals surface area contributed by atoms with Crippen LogP contribution in [0, 0.1) is 13.8 Å². The average molecular weight is 330 g/mol. The number of rotatable bonds is 4. The van der Waals surface area contributed by atoms with Crippen molar-refractivity contribution in [2.45, 2.75) is 20.0 Å². The van der Waals surface area contributed by atoms with E-state index in [0.29, 0.717) is 13.2 Å². The van der Waals surface area contributed by atoms with Crippen molar-refractivity contribution in [3.63, 3.8) is 0 Å². The number of nitrogens with zero attached hydrogens (tertiary/aromatic N) is 1. The van der Waals surface area contributed by atoms with Crippen molar-refractivity contribution in [1.82, 2.24) is 4.90 Å². The molecule has 23 heavy (non-hydrogen) atoms. The predicted molar refractivity (Wildman–Crippen MR) is 94.0 cm³/mol. The highest BCUT2D eigenvalue weighted by molar-refractivity contribution is 7.07. The molecule has 1 fully saturated rings. The van der Waals surface area contributed by atoms with Gasteiger partial charge in [-0.3, -0.25) is 9.69 Å². The number of carbonyl (C=O) groups excluding carboxylic acids is 1. The van der Waals surface area contributed by atoms with Crippen molar-refractivity contribution < 1.29 is 9.53 Å². The topological polar surface area (TPSA) is 41.6 Å². The fraction of sp³-hybridized carbons (Fsp3) is 0.389. The summed E-state index contributed by atoms with van der Waals surface area (Å²) in [6, 6.07) is 8.16. The summed E-state index contributed by atoms with van der Waals surface area (Å²) in [5.41, 5.74) is 4.39. The molecule has 0 radical (unpaired) electrons. The molecule has 1 aromatic carbocycles. The molecule has 122 valence electrons. The van der Waals surface area contributed by atoms with Gasteiger partial charge < -0.3 is 10.1 Å². The van der Waals surface area contributed by atoms with Gasteiger partial charge in [-0.25, -0.2) is 0 Å². The average Bonchev–Trinajstić information content (AvgIpc) is 3.05. The minimum atomic E-state index is 0.0305.